The van der Waals surface area contributed by atoms with Crippen LogP contribution in [0, 0.1) is 6.92 Å². The number of ether oxygens (including phenoxy) is 1. The van der Waals surface area contributed by atoms with Crippen LogP contribution in [0.4, 0.5) is 0 Å². The van der Waals surface area contributed by atoms with Crippen molar-refractivity contribution in [1.82, 2.24) is 0 Å². The van der Waals surface area contributed by atoms with E-state index in [9.17, 15) is 0 Å². The second-order valence-electron chi connectivity index (χ2n) is 4.88. The molecule has 0 radical (unpaired) electrons. The molecule has 0 amide bonds. The molecule has 0 bridgehead atoms. The van der Waals surface area contributed by atoms with E-state index in [1.165, 1.54) is 15.0 Å². The number of benzene rings is 2. The Balaban J connectivity index is 1.98. The summed E-state index contributed by atoms with van der Waals surface area (Å²) in [6, 6.07) is 14.3. The predicted molar refractivity (Wildman–Crippen MR) is 93.5 cm³/mol. The van der Waals surface area contributed by atoms with Crippen molar-refractivity contribution < 1.29 is 4.74 Å². The van der Waals surface area contributed by atoms with E-state index in [0.29, 0.717) is 0 Å². The number of hydrogen-bond donors (Lipinski definition) is 0. The van der Waals surface area contributed by atoms with Gasteiger partial charge in [-0.1, -0.05) is 35.9 Å². The summed E-state index contributed by atoms with van der Waals surface area (Å²) in [4.78, 5) is 1.29. The van der Waals surface area contributed by atoms with Crippen molar-refractivity contribution in [3.63, 3.8) is 0 Å². The van der Waals surface area contributed by atoms with Crippen molar-refractivity contribution in [3.05, 3.63) is 63.5 Å². The Bertz CT molecular complexity index is 800. The topological polar surface area (TPSA) is 9.23 Å². The van der Waals surface area contributed by atoms with Gasteiger partial charge in [0.05, 0.1) is 11.8 Å². The Labute approximate surface area is 133 Å². The van der Waals surface area contributed by atoms with Crippen LogP contribution in [0.1, 0.15) is 16.0 Å². The van der Waals surface area contributed by atoms with Crippen LogP contribution in [0.2, 0.25) is 5.02 Å². The van der Waals surface area contributed by atoms with Crippen LogP contribution in [0.3, 0.4) is 0 Å². The Morgan fingerprint density at radius 3 is 2.43 bits per heavy atom. The summed E-state index contributed by atoms with van der Waals surface area (Å²) < 4.78 is 6.72. The maximum atomic E-state index is 5.90. The Morgan fingerprint density at radius 2 is 1.71 bits per heavy atom. The molecule has 1 heterocycles. The summed E-state index contributed by atoms with van der Waals surface area (Å²) in [5.74, 6) is 0.932. The SMILES string of the molecule is COc1cc(/C=C/c2ccc(Cl)cc2)cc2cc(C)sc12. The lowest BCUT2D eigenvalue weighted by Crippen LogP contribution is -1.83. The minimum atomic E-state index is 0.754. The van der Waals surface area contributed by atoms with Gasteiger partial charge in [-0.3, -0.25) is 0 Å². The minimum absolute atomic E-state index is 0.754. The molecule has 21 heavy (non-hydrogen) atoms. The molecule has 2 aromatic carbocycles. The maximum absolute atomic E-state index is 5.90. The average Bonchev–Trinajstić information content (AvgIpc) is 2.86. The van der Waals surface area contributed by atoms with Gasteiger partial charge in [0.2, 0.25) is 0 Å². The molecule has 3 heteroatoms. The lowest BCUT2D eigenvalue weighted by atomic mass is 10.1. The Kier molecular flexibility index (Phi) is 4.00. The molecule has 0 aliphatic carbocycles. The number of rotatable bonds is 3. The van der Waals surface area contributed by atoms with Gasteiger partial charge in [0.1, 0.15) is 5.75 Å². The molecule has 3 rings (SSSR count). The maximum Gasteiger partial charge on any atom is 0.137 e. The molecule has 0 aliphatic heterocycles. The van der Waals surface area contributed by atoms with Crippen LogP contribution < -0.4 is 4.74 Å². The van der Waals surface area contributed by atoms with Gasteiger partial charge in [-0.25, -0.2) is 0 Å². The third-order valence-corrected chi connectivity index (χ3v) is 4.62. The van der Waals surface area contributed by atoms with Gasteiger partial charge >= 0.3 is 0 Å². The lowest BCUT2D eigenvalue weighted by Gasteiger charge is -2.03. The molecule has 3 aromatic rings. The van der Waals surface area contributed by atoms with Gasteiger partial charge in [0, 0.05) is 9.90 Å². The smallest absolute Gasteiger partial charge is 0.137 e. The number of methoxy groups -OCH3 is 1. The van der Waals surface area contributed by atoms with Gasteiger partial charge in [-0.2, -0.15) is 0 Å². The average molecular weight is 315 g/mol. The summed E-state index contributed by atoms with van der Waals surface area (Å²) in [5, 5.41) is 1.98. The molecule has 0 aliphatic rings. The quantitative estimate of drug-likeness (QED) is 0.535. The van der Waals surface area contributed by atoms with E-state index >= 15 is 0 Å². The van der Waals surface area contributed by atoms with Crippen LogP contribution in [0.25, 0.3) is 22.2 Å². The van der Waals surface area contributed by atoms with Crippen molar-refractivity contribution in [2.24, 2.45) is 0 Å². The van der Waals surface area contributed by atoms with E-state index < -0.39 is 0 Å². The third kappa shape index (κ3) is 3.12. The van der Waals surface area contributed by atoms with Gasteiger partial charge in [-0.05, 0) is 53.8 Å². The summed E-state index contributed by atoms with van der Waals surface area (Å²) in [5.41, 5.74) is 2.26. The standard InChI is InChI=1S/C18H15ClOS/c1-12-9-15-10-14(11-17(20-2)18(15)21-12)4-3-13-5-7-16(19)8-6-13/h3-11H,1-2H3/b4-3+. The molecule has 0 N–H and O–H groups in total. The van der Waals surface area contributed by atoms with Crippen molar-refractivity contribution in [2.45, 2.75) is 6.92 Å². The fourth-order valence-electron chi connectivity index (χ4n) is 2.29. The van der Waals surface area contributed by atoms with Gasteiger partial charge in [0.15, 0.2) is 0 Å². The van der Waals surface area contributed by atoms with Crippen LogP contribution in [0.15, 0.2) is 42.5 Å². The molecule has 106 valence electrons. The zero-order valence-electron chi connectivity index (χ0n) is 11.9. The van der Waals surface area contributed by atoms with E-state index in [1.54, 1.807) is 18.4 Å². The first-order valence-corrected chi connectivity index (χ1v) is 7.87. The first-order valence-electron chi connectivity index (χ1n) is 6.67. The monoisotopic (exact) mass is 314 g/mol. The van der Waals surface area contributed by atoms with Gasteiger partial charge in [-0.15, -0.1) is 11.3 Å². The molecule has 0 saturated carbocycles. The summed E-state index contributed by atoms with van der Waals surface area (Å²) in [6.07, 6.45) is 4.17. The highest BCUT2D eigenvalue weighted by Crippen LogP contribution is 2.35. The van der Waals surface area contributed by atoms with Crippen LogP contribution in [-0.2, 0) is 0 Å². The fourth-order valence-corrected chi connectivity index (χ4v) is 3.40. The first kappa shape index (κ1) is 14.2. The molecule has 1 aromatic heterocycles. The lowest BCUT2D eigenvalue weighted by molar-refractivity contribution is 0.420. The first-order chi connectivity index (χ1) is 10.2. The Hall–Kier alpha value is -1.77. The van der Waals surface area contributed by atoms with Crippen molar-refractivity contribution in [1.29, 1.82) is 0 Å². The molecule has 0 saturated heterocycles. The molecular formula is C18H15ClOS. The predicted octanol–water partition coefficient (Wildman–Crippen LogP) is 6.04. The van der Waals surface area contributed by atoms with Crippen LogP contribution in [0.5, 0.6) is 5.75 Å². The zero-order chi connectivity index (χ0) is 14.8. The molecule has 0 fully saturated rings. The third-order valence-electron chi connectivity index (χ3n) is 3.29. The second kappa shape index (κ2) is 5.92. The van der Waals surface area contributed by atoms with Gasteiger partial charge in [0.25, 0.3) is 0 Å². The highest BCUT2D eigenvalue weighted by atomic mass is 35.5. The second-order valence-corrected chi connectivity index (χ2v) is 6.58. The highest BCUT2D eigenvalue weighted by molar-refractivity contribution is 7.19. The number of fused-ring (bicyclic) bond motifs is 1. The van der Waals surface area contributed by atoms with Gasteiger partial charge < -0.3 is 4.74 Å². The molecular weight excluding hydrogens is 300 g/mol. The van der Waals surface area contributed by atoms with E-state index in [2.05, 4.69) is 37.3 Å². The van der Waals surface area contributed by atoms with E-state index in [1.807, 2.05) is 24.3 Å². The zero-order valence-corrected chi connectivity index (χ0v) is 13.5. The highest BCUT2D eigenvalue weighted by Gasteiger charge is 2.06. The van der Waals surface area contributed by atoms with E-state index in [-0.39, 0.29) is 0 Å². The number of hydrogen-bond acceptors (Lipinski definition) is 2. The van der Waals surface area contributed by atoms with E-state index in [4.69, 9.17) is 16.3 Å². The van der Waals surface area contributed by atoms with E-state index in [0.717, 1.165) is 21.9 Å². The number of halogens is 1. The van der Waals surface area contributed by atoms with Crippen LogP contribution >= 0.6 is 22.9 Å². The number of aryl methyl sites for hydroxylation is 1. The minimum Gasteiger partial charge on any atom is -0.495 e. The summed E-state index contributed by atoms with van der Waals surface area (Å²) in [6.45, 7) is 2.12. The molecule has 0 unspecified atom stereocenters. The van der Waals surface area contributed by atoms with Crippen molar-refractivity contribution in [3.8, 4) is 5.75 Å². The molecule has 1 nitrogen and oxygen atoms in total. The van der Waals surface area contributed by atoms with Crippen molar-refractivity contribution in [2.75, 3.05) is 7.11 Å². The summed E-state index contributed by atoms with van der Waals surface area (Å²) in [7, 11) is 1.72. The number of thiophene rings is 1. The Morgan fingerprint density at radius 1 is 1.00 bits per heavy atom. The fraction of sp³-hybridized carbons (Fsp3) is 0.111. The largest absolute Gasteiger partial charge is 0.495 e. The normalized spacial score (nSPS) is 11.4. The summed E-state index contributed by atoms with van der Waals surface area (Å²) >= 11 is 7.66. The van der Waals surface area contributed by atoms with Crippen molar-refractivity contribution >= 4 is 45.2 Å². The molecule has 0 spiro atoms. The molecule has 0 atom stereocenters. The van der Waals surface area contributed by atoms with Crippen LogP contribution in [-0.4, -0.2) is 7.11 Å².